The summed E-state index contributed by atoms with van der Waals surface area (Å²) in [6, 6.07) is 5.73. The predicted octanol–water partition coefficient (Wildman–Crippen LogP) is 4.98. The van der Waals surface area contributed by atoms with Crippen molar-refractivity contribution in [3.8, 4) is 6.07 Å². The third kappa shape index (κ3) is 6.27. The highest BCUT2D eigenvalue weighted by molar-refractivity contribution is 6.74. The van der Waals surface area contributed by atoms with Crippen LogP contribution in [0.4, 0.5) is 9.18 Å². The first-order valence-electron chi connectivity index (χ1n) is 10.0. The number of carboxylic acid groups (broad SMARTS) is 1. The second-order valence-corrected chi connectivity index (χ2v) is 15.1. The van der Waals surface area contributed by atoms with E-state index in [0.717, 1.165) is 6.07 Å². The Balaban J connectivity index is 3.45. The summed E-state index contributed by atoms with van der Waals surface area (Å²) in [4.78, 5) is 11.1. The number of halogens is 1. The molecule has 0 aliphatic carbocycles. The summed E-state index contributed by atoms with van der Waals surface area (Å²) in [5, 5.41) is 32.3. The van der Waals surface area contributed by atoms with Gasteiger partial charge in [0.1, 0.15) is 5.82 Å². The molecule has 0 spiro atoms. The molecule has 0 bridgehead atoms. The number of carbonyl (C=O) groups is 1. The molecule has 3 N–H and O–H groups in total. The molecule has 168 valence electrons. The van der Waals surface area contributed by atoms with Crippen molar-refractivity contribution in [2.75, 3.05) is 6.54 Å². The molecule has 0 heterocycles. The lowest BCUT2D eigenvalue weighted by Crippen LogP contribution is -2.51. The molecule has 0 radical (unpaired) electrons. The molecule has 0 aliphatic rings. The van der Waals surface area contributed by atoms with Gasteiger partial charge >= 0.3 is 6.09 Å². The Labute approximate surface area is 180 Å². The van der Waals surface area contributed by atoms with Gasteiger partial charge in [-0.1, -0.05) is 41.5 Å². The molecule has 30 heavy (non-hydrogen) atoms. The number of nitrogens with one attached hydrogen (secondary N) is 1. The van der Waals surface area contributed by atoms with Crippen LogP contribution in [-0.2, 0) is 10.0 Å². The number of rotatable bonds is 7. The van der Waals surface area contributed by atoms with Crippen LogP contribution in [0.3, 0.4) is 0 Å². The highest BCUT2D eigenvalue weighted by atomic mass is 28.4. The van der Waals surface area contributed by atoms with Gasteiger partial charge < -0.3 is 20.0 Å². The zero-order valence-corrected chi connectivity index (χ0v) is 20.3. The van der Waals surface area contributed by atoms with E-state index in [-0.39, 0.29) is 29.1 Å². The molecule has 0 aromatic heterocycles. The molecular weight excluding hydrogens is 403 g/mol. The van der Waals surface area contributed by atoms with Crippen LogP contribution >= 0.6 is 0 Å². The fraction of sp³-hybridized carbons (Fsp3) is 0.636. The van der Waals surface area contributed by atoms with Crippen molar-refractivity contribution in [2.24, 2.45) is 5.41 Å². The molecule has 2 atom stereocenters. The van der Waals surface area contributed by atoms with Crippen molar-refractivity contribution in [1.29, 1.82) is 5.26 Å². The molecule has 1 rings (SSSR count). The molecule has 1 aromatic rings. The minimum absolute atomic E-state index is 0.0132. The Kier molecular flexibility index (Phi) is 7.86. The third-order valence-corrected chi connectivity index (χ3v) is 10.6. The van der Waals surface area contributed by atoms with Gasteiger partial charge in [-0.15, -0.1) is 0 Å². The Morgan fingerprint density at radius 3 is 2.23 bits per heavy atom. The molecule has 0 saturated heterocycles. The normalized spacial score (nSPS) is 15.8. The number of benzene rings is 1. The Hall–Kier alpha value is -1.95. The molecule has 0 saturated carbocycles. The maximum absolute atomic E-state index is 14.2. The van der Waals surface area contributed by atoms with Crippen LogP contribution in [0.15, 0.2) is 18.2 Å². The van der Waals surface area contributed by atoms with Crippen LogP contribution in [0, 0.1) is 22.6 Å². The van der Waals surface area contributed by atoms with Crippen molar-refractivity contribution < 1.29 is 23.8 Å². The summed E-state index contributed by atoms with van der Waals surface area (Å²) in [6.07, 6.45) is -1.78. The van der Waals surface area contributed by atoms with Gasteiger partial charge in [-0.3, -0.25) is 0 Å². The number of nitrogens with zero attached hydrogens (tertiary/aromatic N) is 1. The van der Waals surface area contributed by atoms with Gasteiger partial charge in [-0.2, -0.15) is 5.26 Å². The van der Waals surface area contributed by atoms with Crippen molar-refractivity contribution in [1.82, 2.24) is 5.32 Å². The maximum atomic E-state index is 14.2. The highest BCUT2D eigenvalue weighted by Crippen LogP contribution is 2.45. The molecular formula is C22H35FN2O4Si. The number of amides is 1. The second-order valence-electron chi connectivity index (χ2n) is 10.3. The van der Waals surface area contributed by atoms with Gasteiger partial charge in [-0.25, -0.2) is 9.18 Å². The first-order chi connectivity index (χ1) is 13.4. The van der Waals surface area contributed by atoms with E-state index in [1.54, 1.807) is 0 Å². The zero-order valence-electron chi connectivity index (χ0n) is 19.3. The van der Waals surface area contributed by atoms with E-state index in [9.17, 15) is 19.6 Å². The summed E-state index contributed by atoms with van der Waals surface area (Å²) in [5.41, 5.74) is -1.93. The van der Waals surface area contributed by atoms with E-state index in [1.807, 2.05) is 39.9 Å². The minimum Gasteiger partial charge on any atom is -0.465 e. The number of nitriles is 1. The van der Waals surface area contributed by atoms with Crippen LogP contribution in [0.1, 0.15) is 59.1 Å². The van der Waals surface area contributed by atoms with E-state index in [2.05, 4.69) is 26.1 Å². The predicted molar refractivity (Wildman–Crippen MR) is 117 cm³/mol. The van der Waals surface area contributed by atoms with Crippen molar-refractivity contribution in [3.63, 3.8) is 0 Å². The van der Waals surface area contributed by atoms with Gasteiger partial charge in [0.15, 0.2) is 8.32 Å². The number of hydrogen-bond donors (Lipinski definition) is 3. The van der Waals surface area contributed by atoms with Crippen LogP contribution in [-0.4, -0.2) is 37.3 Å². The summed E-state index contributed by atoms with van der Waals surface area (Å²) in [7, 11) is -2.30. The smallest absolute Gasteiger partial charge is 0.404 e. The third-order valence-electron chi connectivity index (χ3n) is 6.02. The molecule has 8 heteroatoms. The number of aliphatic hydroxyl groups is 1. The van der Waals surface area contributed by atoms with E-state index >= 15 is 0 Å². The fourth-order valence-electron chi connectivity index (χ4n) is 3.03. The average molecular weight is 439 g/mol. The van der Waals surface area contributed by atoms with E-state index in [1.165, 1.54) is 12.1 Å². The van der Waals surface area contributed by atoms with Crippen LogP contribution in [0.2, 0.25) is 18.1 Å². The van der Waals surface area contributed by atoms with Gasteiger partial charge in [0, 0.05) is 13.0 Å². The molecule has 0 fully saturated rings. The standard InChI is InChI=1S/C22H35FN2O4Si/c1-20(2,3)22(28,16-9-15(13-24)10-17(23)11-16)12-18(14-25-19(26)27)29-30(7,8)21(4,5)6/h9-11,18,25,28H,12,14H2,1-8H3,(H,26,27)/t18-,22?/m0/s1. The zero-order chi connectivity index (χ0) is 23.5. The van der Waals surface area contributed by atoms with Gasteiger partial charge in [0.05, 0.1) is 23.3 Å². The minimum atomic E-state index is -2.30. The topological polar surface area (TPSA) is 103 Å². The van der Waals surface area contributed by atoms with Crippen LogP contribution in [0.5, 0.6) is 0 Å². The summed E-state index contributed by atoms with van der Waals surface area (Å²) in [5.74, 6) is -0.614. The Morgan fingerprint density at radius 2 is 1.80 bits per heavy atom. The highest BCUT2D eigenvalue weighted by Gasteiger charge is 2.46. The van der Waals surface area contributed by atoms with Crippen molar-refractivity contribution in [3.05, 3.63) is 35.1 Å². The lowest BCUT2D eigenvalue weighted by molar-refractivity contribution is -0.0931. The summed E-state index contributed by atoms with van der Waals surface area (Å²) >= 11 is 0. The lowest BCUT2D eigenvalue weighted by atomic mass is 9.69. The Morgan fingerprint density at radius 1 is 1.23 bits per heavy atom. The average Bonchev–Trinajstić information content (AvgIpc) is 2.56. The first kappa shape index (κ1) is 26.1. The van der Waals surface area contributed by atoms with E-state index in [4.69, 9.17) is 9.53 Å². The van der Waals surface area contributed by atoms with Gasteiger partial charge in [-0.05, 0) is 47.3 Å². The van der Waals surface area contributed by atoms with Gasteiger partial charge in [0.25, 0.3) is 0 Å². The van der Waals surface area contributed by atoms with Crippen molar-refractivity contribution >= 4 is 14.4 Å². The summed E-state index contributed by atoms with van der Waals surface area (Å²) in [6.45, 7) is 15.8. The van der Waals surface area contributed by atoms with E-state index < -0.39 is 37.3 Å². The van der Waals surface area contributed by atoms with E-state index in [0.29, 0.717) is 0 Å². The van der Waals surface area contributed by atoms with Crippen LogP contribution < -0.4 is 5.32 Å². The van der Waals surface area contributed by atoms with Crippen molar-refractivity contribution in [2.45, 2.75) is 77.8 Å². The first-order valence-corrected chi connectivity index (χ1v) is 12.9. The molecule has 1 aromatic carbocycles. The molecule has 1 unspecified atom stereocenters. The second kappa shape index (κ2) is 9.04. The fourth-order valence-corrected chi connectivity index (χ4v) is 4.38. The monoisotopic (exact) mass is 438 g/mol. The number of hydrogen-bond acceptors (Lipinski definition) is 4. The molecule has 6 nitrogen and oxygen atoms in total. The van der Waals surface area contributed by atoms with Gasteiger partial charge in [0.2, 0.25) is 0 Å². The van der Waals surface area contributed by atoms with Crippen LogP contribution in [0.25, 0.3) is 0 Å². The SMILES string of the molecule is CC(C)(C)C(O)(C[C@@H](CNC(=O)O)O[Si](C)(C)C(C)(C)C)c1cc(F)cc(C#N)c1. The largest absolute Gasteiger partial charge is 0.465 e. The Bertz CT molecular complexity index is 809. The molecule has 1 amide bonds. The molecule has 0 aliphatic heterocycles. The lowest BCUT2D eigenvalue weighted by Gasteiger charge is -2.45. The summed E-state index contributed by atoms with van der Waals surface area (Å²) < 4.78 is 20.6. The quantitative estimate of drug-likeness (QED) is 0.521. The maximum Gasteiger partial charge on any atom is 0.404 e.